The molecule has 0 radical (unpaired) electrons. The van der Waals surface area contributed by atoms with Crippen LogP contribution in [0.5, 0.6) is 0 Å². The predicted molar refractivity (Wildman–Crippen MR) is 70.8 cm³/mol. The molecule has 1 aromatic rings. The number of piperidine rings is 1. The number of carbonyl (C=O) groups is 1. The van der Waals surface area contributed by atoms with Gasteiger partial charge in [0, 0.05) is 30.9 Å². The van der Waals surface area contributed by atoms with Gasteiger partial charge in [-0.1, -0.05) is 0 Å². The van der Waals surface area contributed by atoms with Crippen molar-refractivity contribution in [1.29, 1.82) is 5.26 Å². The molecular weight excluding hydrogens is 242 g/mol. The molecule has 1 saturated heterocycles. The average molecular weight is 259 g/mol. The summed E-state index contributed by atoms with van der Waals surface area (Å²) in [6.07, 6.45) is 5.73. The Hall–Kier alpha value is -2.09. The van der Waals surface area contributed by atoms with Crippen LogP contribution in [-0.4, -0.2) is 28.6 Å². The van der Waals surface area contributed by atoms with Gasteiger partial charge in [-0.25, -0.2) is 4.98 Å². The summed E-state index contributed by atoms with van der Waals surface area (Å²) in [4.78, 5) is 16.9. The second kappa shape index (κ2) is 6.19. The molecule has 0 amide bonds. The monoisotopic (exact) mass is 259 g/mol. The Kier molecular flexibility index (Phi) is 4.35. The first-order valence-corrected chi connectivity index (χ1v) is 6.55. The van der Waals surface area contributed by atoms with E-state index in [-0.39, 0.29) is 12.5 Å². The fourth-order valence-electron chi connectivity index (χ4n) is 2.59. The van der Waals surface area contributed by atoms with Gasteiger partial charge >= 0.3 is 5.97 Å². The number of pyridine rings is 1. The van der Waals surface area contributed by atoms with Crippen molar-refractivity contribution < 1.29 is 9.90 Å². The number of aromatic nitrogens is 1. The molecule has 5 heteroatoms. The SMILES string of the molecule is N#Cc1cc(N2CCCCC2CCC(=O)O)ccn1. The molecule has 0 aliphatic carbocycles. The first kappa shape index (κ1) is 13.3. The summed E-state index contributed by atoms with van der Waals surface area (Å²) < 4.78 is 0. The Morgan fingerprint density at radius 3 is 3.16 bits per heavy atom. The minimum atomic E-state index is -0.752. The number of nitrogens with zero attached hydrogens (tertiary/aromatic N) is 3. The lowest BCUT2D eigenvalue weighted by Gasteiger charge is -2.37. The molecule has 1 unspecified atom stereocenters. The summed E-state index contributed by atoms with van der Waals surface area (Å²) in [6.45, 7) is 0.916. The molecule has 1 atom stereocenters. The van der Waals surface area contributed by atoms with Crippen molar-refractivity contribution in [3.8, 4) is 6.07 Å². The van der Waals surface area contributed by atoms with Gasteiger partial charge in [-0.3, -0.25) is 4.79 Å². The molecule has 5 nitrogen and oxygen atoms in total. The van der Waals surface area contributed by atoms with Gasteiger partial charge in [0.1, 0.15) is 11.8 Å². The number of aliphatic carboxylic acids is 1. The maximum atomic E-state index is 10.7. The molecule has 1 aliphatic heterocycles. The highest BCUT2D eigenvalue weighted by atomic mass is 16.4. The molecule has 1 fully saturated rings. The number of nitriles is 1. The van der Waals surface area contributed by atoms with Crippen molar-refractivity contribution in [1.82, 2.24) is 4.98 Å². The molecule has 100 valence electrons. The van der Waals surface area contributed by atoms with Crippen LogP contribution in [0.3, 0.4) is 0 Å². The smallest absolute Gasteiger partial charge is 0.303 e. The zero-order valence-electron chi connectivity index (χ0n) is 10.7. The number of anilines is 1. The summed E-state index contributed by atoms with van der Waals surface area (Å²) in [6, 6.07) is 5.95. The number of hydrogen-bond donors (Lipinski definition) is 1. The molecule has 2 rings (SSSR count). The van der Waals surface area contributed by atoms with Crippen LogP contribution >= 0.6 is 0 Å². The van der Waals surface area contributed by atoms with Crippen molar-refractivity contribution in [3.05, 3.63) is 24.0 Å². The van der Waals surface area contributed by atoms with Crippen molar-refractivity contribution in [3.63, 3.8) is 0 Å². The summed E-state index contributed by atoms with van der Waals surface area (Å²) >= 11 is 0. The first-order chi connectivity index (χ1) is 9.20. The third-order valence-electron chi connectivity index (χ3n) is 3.51. The number of carboxylic acid groups (broad SMARTS) is 1. The molecule has 0 saturated carbocycles. The molecule has 0 aromatic carbocycles. The van der Waals surface area contributed by atoms with E-state index in [1.165, 1.54) is 0 Å². The van der Waals surface area contributed by atoms with Gasteiger partial charge in [-0.05, 0) is 37.8 Å². The maximum absolute atomic E-state index is 10.7. The van der Waals surface area contributed by atoms with E-state index in [2.05, 4.69) is 9.88 Å². The Labute approximate surface area is 112 Å². The predicted octanol–water partition coefficient (Wildman–Crippen LogP) is 2.18. The van der Waals surface area contributed by atoms with E-state index in [1.54, 1.807) is 12.3 Å². The van der Waals surface area contributed by atoms with Crippen LogP contribution in [0.2, 0.25) is 0 Å². The Morgan fingerprint density at radius 2 is 2.42 bits per heavy atom. The second-order valence-electron chi connectivity index (χ2n) is 4.79. The topological polar surface area (TPSA) is 77.2 Å². The Morgan fingerprint density at radius 1 is 1.58 bits per heavy atom. The van der Waals surface area contributed by atoms with E-state index in [0.717, 1.165) is 31.5 Å². The average Bonchev–Trinajstić information content (AvgIpc) is 2.45. The van der Waals surface area contributed by atoms with Crippen LogP contribution in [-0.2, 0) is 4.79 Å². The summed E-state index contributed by atoms with van der Waals surface area (Å²) in [7, 11) is 0. The van der Waals surface area contributed by atoms with Crippen LogP contribution in [0, 0.1) is 11.3 Å². The van der Waals surface area contributed by atoms with Crippen LogP contribution < -0.4 is 4.90 Å². The quantitative estimate of drug-likeness (QED) is 0.896. The van der Waals surface area contributed by atoms with Crippen molar-refractivity contribution in [2.24, 2.45) is 0 Å². The maximum Gasteiger partial charge on any atom is 0.303 e. The van der Waals surface area contributed by atoms with Gasteiger partial charge in [0.2, 0.25) is 0 Å². The summed E-state index contributed by atoms with van der Waals surface area (Å²) in [5.41, 5.74) is 1.38. The molecular formula is C14H17N3O2. The van der Waals surface area contributed by atoms with Crippen LogP contribution in [0.4, 0.5) is 5.69 Å². The standard InChI is InChI=1S/C14H17N3O2/c15-10-11-9-13(6-7-16-11)17-8-2-1-3-12(17)4-5-14(18)19/h6-7,9,12H,1-5,8H2,(H,18,19). The van der Waals surface area contributed by atoms with Gasteiger partial charge in [0.05, 0.1) is 0 Å². The third kappa shape index (κ3) is 3.44. The first-order valence-electron chi connectivity index (χ1n) is 6.55. The minimum Gasteiger partial charge on any atom is -0.481 e. The van der Waals surface area contributed by atoms with E-state index < -0.39 is 5.97 Å². The molecule has 1 N–H and O–H groups in total. The zero-order chi connectivity index (χ0) is 13.7. The summed E-state index contributed by atoms with van der Waals surface area (Å²) in [5.74, 6) is -0.752. The van der Waals surface area contributed by atoms with Gasteiger partial charge < -0.3 is 10.0 Å². The third-order valence-corrected chi connectivity index (χ3v) is 3.51. The molecule has 0 bridgehead atoms. The van der Waals surface area contributed by atoms with E-state index in [1.807, 2.05) is 12.1 Å². The number of hydrogen-bond acceptors (Lipinski definition) is 4. The normalized spacial score (nSPS) is 18.9. The van der Waals surface area contributed by atoms with E-state index in [0.29, 0.717) is 12.1 Å². The zero-order valence-corrected chi connectivity index (χ0v) is 10.7. The lowest BCUT2D eigenvalue weighted by atomic mass is 9.97. The molecule has 19 heavy (non-hydrogen) atoms. The van der Waals surface area contributed by atoms with Gasteiger partial charge in [-0.2, -0.15) is 5.26 Å². The lowest BCUT2D eigenvalue weighted by molar-refractivity contribution is -0.137. The largest absolute Gasteiger partial charge is 0.481 e. The van der Waals surface area contributed by atoms with Crippen LogP contribution in [0.1, 0.15) is 37.8 Å². The Bertz CT molecular complexity index is 496. The highest BCUT2D eigenvalue weighted by molar-refractivity contribution is 5.66. The second-order valence-corrected chi connectivity index (χ2v) is 4.79. The highest BCUT2D eigenvalue weighted by Gasteiger charge is 2.23. The van der Waals surface area contributed by atoms with Crippen molar-refractivity contribution in [2.45, 2.75) is 38.1 Å². The number of rotatable bonds is 4. The molecule has 1 aliphatic rings. The molecule has 2 heterocycles. The highest BCUT2D eigenvalue weighted by Crippen LogP contribution is 2.27. The van der Waals surface area contributed by atoms with Gasteiger partial charge in [0.25, 0.3) is 0 Å². The fourth-order valence-corrected chi connectivity index (χ4v) is 2.59. The van der Waals surface area contributed by atoms with E-state index in [4.69, 9.17) is 10.4 Å². The lowest BCUT2D eigenvalue weighted by Crippen LogP contribution is -2.39. The van der Waals surface area contributed by atoms with Crippen LogP contribution in [0.15, 0.2) is 18.3 Å². The molecule has 0 spiro atoms. The van der Waals surface area contributed by atoms with Crippen molar-refractivity contribution in [2.75, 3.05) is 11.4 Å². The molecule has 1 aromatic heterocycles. The minimum absolute atomic E-state index is 0.192. The van der Waals surface area contributed by atoms with Gasteiger partial charge in [0.15, 0.2) is 0 Å². The fraction of sp³-hybridized carbons (Fsp3) is 0.500. The van der Waals surface area contributed by atoms with E-state index in [9.17, 15) is 4.79 Å². The van der Waals surface area contributed by atoms with Crippen LogP contribution in [0.25, 0.3) is 0 Å². The summed E-state index contributed by atoms with van der Waals surface area (Å²) in [5, 5.41) is 17.7. The number of carboxylic acids is 1. The van der Waals surface area contributed by atoms with Gasteiger partial charge in [-0.15, -0.1) is 0 Å². The van der Waals surface area contributed by atoms with Crippen molar-refractivity contribution >= 4 is 11.7 Å². The van der Waals surface area contributed by atoms with E-state index >= 15 is 0 Å². The Balaban J connectivity index is 2.14.